The zero-order valence-electron chi connectivity index (χ0n) is 8.41. The van der Waals surface area contributed by atoms with Crippen LogP contribution < -0.4 is 0 Å². The van der Waals surface area contributed by atoms with Crippen molar-refractivity contribution in [1.82, 2.24) is 0 Å². The number of rotatable bonds is 3. The highest BCUT2D eigenvalue weighted by Gasteiger charge is 2.19. The third kappa shape index (κ3) is 8.43. The monoisotopic (exact) mass is 174 g/mol. The Hall–Kier alpha value is 0.434. The third-order valence-corrected chi connectivity index (χ3v) is 5.62. The molecular formula is C8H22Si2. The molecule has 2 heteroatoms. The lowest BCUT2D eigenvalue weighted by Gasteiger charge is -2.22. The van der Waals surface area contributed by atoms with Crippen molar-refractivity contribution in [3.05, 3.63) is 0 Å². The van der Waals surface area contributed by atoms with E-state index in [2.05, 4.69) is 39.3 Å². The maximum Gasteiger partial charge on any atom is 0.0439 e. The molecule has 0 heterocycles. The van der Waals surface area contributed by atoms with Crippen LogP contribution >= 0.6 is 0 Å². The van der Waals surface area contributed by atoms with E-state index >= 15 is 0 Å². The summed E-state index contributed by atoms with van der Waals surface area (Å²) in [7, 11) is -1.46. The Morgan fingerprint density at radius 2 is 0.800 bits per heavy atom. The van der Waals surface area contributed by atoms with Crippen molar-refractivity contribution in [2.45, 2.75) is 51.4 Å². The first-order chi connectivity index (χ1) is 4.21. The van der Waals surface area contributed by atoms with Crippen molar-refractivity contribution < 1.29 is 0 Å². The van der Waals surface area contributed by atoms with Gasteiger partial charge in [0.1, 0.15) is 0 Å². The largest absolute Gasteiger partial charge is 0.0696 e. The second-order valence-corrected chi connectivity index (χ2v) is 16.9. The molecule has 0 aliphatic rings. The van der Waals surface area contributed by atoms with Crippen LogP contribution in [0.25, 0.3) is 0 Å². The fourth-order valence-corrected chi connectivity index (χ4v) is 6.75. The standard InChI is InChI=1S/C8H22Si2/c1-9(2,3)7-8-10(4,5)6/h7-8H2,1-6H3. The predicted molar refractivity (Wildman–Crippen MR) is 56.3 cm³/mol. The van der Waals surface area contributed by atoms with Crippen LogP contribution in [0.1, 0.15) is 0 Å². The van der Waals surface area contributed by atoms with E-state index in [9.17, 15) is 0 Å². The van der Waals surface area contributed by atoms with Gasteiger partial charge in [-0.1, -0.05) is 51.4 Å². The number of hydrogen-bond acceptors (Lipinski definition) is 0. The molecule has 0 bridgehead atoms. The summed E-state index contributed by atoms with van der Waals surface area (Å²) in [5, 5.41) is 0. The Bertz CT molecular complexity index is 80.8. The van der Waals surface area contributed by atoms with Crippen LogP contribution in [-0.2, 0) is 0 Å². The molecule has 0 rings (SSSR count). The maximum absolute atomic E-state index is 2.47. The van der Waals surface area contributed by atoms with Gasteiger partial charge in [-0.25, -0.2) is 0 Å². The van der Waals surface area contributed by atoms with Gasteiger partial charge < -0.3 is 0 Å². The van der Waals surface area contributed by atoms with Gasteiger partial charge in [-0.3, -0.25) is 0 Å². The van der Waals surface area contributed by atoms with Crippen molar-refractivity contribution in [1.29, 1.82) is 0 Å². The second kappa shape index (κ2) is 3.22. The highest BCUT2D eigenvalue weighted by atomic mass is 28.3. The Kier molecular flexibility index (Phi) is 3.36. The first-order valence-electron chi connectivity index (χ1n) is 4.21. The fourth-order valence-electron chi connectivity index (χ4n) is 0.750. The van der Waals surface area contributed by atoms with E-state index in [4.69, 9.17) is 0 Å². The van der Waals surface area contributed by atoms with Crippen LogP contribution in [0.4, 0.5) is 0 Å². The first-order valence-corrected chi connectivity index (χ1v) is 11.6. The zero-order valence-corrected chi connectivity index (χ0v) is 10.4. The predicted octanol–water partition coefficient (Wildman–Crippen LogP) is 3.66. The molecule has 62 valence electrons. The average Bonchev–Trinajstić information content (AvgIpc) is 1.57. The highest BCUT2D eigenvalue weighted by molar-refractivity contribution is 6.81. The summed E-state index contributed by atoms with van der Waals surface area (Å²) in [5.74, 6) is 0. The Morgan fingerprint density at radius 1 is 0.600 bits per heavy atom. The Balaban J connectivity index is 3.56. The average molecular weight is 174 g/mol. The minimum atomic E-state index is -0.732. The molecule has 0 spiro atoms. The SMILES string of the molecule is C[Si](C)(C)CC[Si](C)(C)C. The van der Waals surface area contributed by atoms with Gasteiger partial charge in [-0.15, -0.1) is 0 Å². The van der Waals surface area contributed by atoms with Crippen LogP contribution in [0.2, 0.25) is 51.4 Å². The normalized spacial score (nSPS) is 13.8. The summed E-state index contributed by atoms with van der Waals surface area (Å²) in [6.07, 6.45) is 0. The molecule has 0 saturated carbocycles. The molecule has 0 aliphatic heterocycles. The van der Waals surface area contributed by atoms with E-state index in [0.29, 0.717) is 0 Å². The van der Waals surface area contributed by atoms with Gasteiger partial charge in [-0.2, -0.15) is 0 Å². The quantitative estimate of drug-likeness (QED) is 0.573. The molecule has 0 fully saturated rings. The minimum Gasteiger partial charge on any atom is -0.0696 e. The van der Waals surface area contributed by atoms with E-state index in [-0.39, 0.29) is 0 Å². The van der Waals surface area contributed by atoms with Gasteiger partial charge in [0.25, 0.3) is 0 Å². The zero-order chi connectivity index (χ0) is 8.41. The first kappa shape index (κ1) is 10.4. The Labute approximate surface area is 68.1 Å². The van der Waals surface area contributed by atoms with Gasteiger partial charge in [0.15, 0.2) is 0 Å². The molecular weight excluding hydrogens is 152 g/mol. The summed E-state index contributed by atoms with van der Waals surface area (Å²) in [6.45, 7) is 14.8. The van der Waals surface area contributed by atoms with Crippen LogP contribution in [-0.4, -0.2) is 16.1 Å². The third-order valence-electron chi connectivity index (χ3n) is 1.62. The molecule has 0 aromatic rings. The lowest BCUT2D eigenvalue weighted by molar-refractivity contribution is 1.27. The van der Waals surface area contributed by atoms with Crippen LogP contribution in [0.3, 0.4) is 0 Å². The maximum atomic E-state index is 2.47. The summed E-state index contributed by atoms with van der Waals surface area (Å²) in [5.41, 5.74) is 0. The van der Waals surface area contributed by atoms with Crippen molar-refractivity contribution in [2.75, 3.05) is 0 Å². The molecule has 0 radical (unpaired) electrons. The topological polar surface area (TPSA) is 0 Å². The molecule has 0 nitrogen and oxygen atoms in total. The van der Waals surface area contributed by atoms with Gasteiger partial charge >= 0.3 is 0 Å². The van der Waals surface area contributed by atoms with Gasteiger partial charge in [0.05, 0.1) is 0 Å². The molecule has 0 saturated heterocycles. The van der Waals surface area contributed by atoms with Crippen molar-refractivity contribution in [3.63, 3.8) is 0 Å². The fraction of sp³-hybridized carbons (Fsp3) is 1.00. The van der Waals surface area contributed by atoms with Gasteiger partial charge in [0, 0.05) is 16.1 Å². The van der Waals surface area contributed by atoms with Crippen molar-refractivity contribution in [2.24, 2.45) is 0 Å². The van der Waals surface area contributed by atoms with E-state index in [1.807, 2.05) is 0 Å². The summed E-state index contributed by atoms with van der Waals surface area (Å²) in [6, 6.07) is 3.06. The van der Waals surface area contributed by atoms with Crippen LogP contribution in [0, 0.1) is 0 Å². The summed E-state index contributed by atoms with van der Waals surface area (Å²) >= 11 is 0. The molecule has 0 aromatic heterocycles. The molecule has 0 amide bonds. The smallest absolute Gasteiger partial charge is 0.0439 e. The minimum absolute atomic E-state index is 0.732. The van der Waals surface area contributed by atoms with E-state index in [0.717, 1.165) is 0 Å². The van der Waals surface area contributed by atoms with Gasteiger partial charge in [-0.05, 0) is 0 Å². The van der Waals surface area contributed by atoms with Crippen molar-refractivity contribution >= 4 is 16.1 Å². The van der Waals surface area contributed by atoms with E-state index < -0.39 is 16.1 Å². The van der Waals surface area contributed by atoms with Crippen LogP contribution in [0.15, 0.2) is 0 Å². The molecule has 0 unspecified atom stereocenters. The van der Waals surface area contributed by atoms with E-state index in [1.165, 1.54) is 12.1 Å². The molecule has 0 atom stereocenters. The second-order valence-electron chi connectivity index (χ2n) is 5.62. The number of hydrogen-bond donors (Lipinski definition) is 0. The van der Waals surface area contributed by atoms with E-state index in [1.54, 1.807) is 0 Å². The van der Waals surface area contributed by atoms with Crippen LogP contribution in [0.5, 0.6) is 0 Å². The van der Waals surface area contributed by atoms with Crippen molar-refractivity contribution in [3.8, 4) is 0 Å². The molecule has 10 heavy (non-hydrogen) atoms. The summed E-state index contributed by atoms with van der Waals surface area (Å²) in [4.78, 5) is 0. The molecule has 0 aliphatic carbocycles. The highest BCUT2D eigenvalue weighted by Crippen LogP contribution is 2.19. The molecule has 0 aromatic carbocycles. The lowest BCUT2D eigenvalue weighted by Crippen LogP contribution is -2.26. The van der Waals surface area contributed by atoms with Gasteiger partial charge in [0.2, 0.25) is 0 Å². The molecule has 0 N–H and O–H groups in total. The lowest BCUT2D eigenvalue weighted by atomic mass is 10.9. The summed E-state index contributed by atoms with van der Waals surface area (Å²) < 4.78 is 0. The Morgan fingerprint density at radius 3 is 0.900 bits per heavy atom.